The highest BCUT2D eigenvalue weighted by atomic mass is 16.5. The molecular formula is C22H22O2. The van der Waals surface area contributed by atoms with Crippen molar-refractivity contribution in [3.05, 3.63) is 89.5 Å². The maximum absolute atomic E-state index is 9.21. The fourth-order valence-electron chi connectivity index (χ4n) is 2.72. The molecule has 3 aromatic rings. The first kappa shape index (κ1) is 16.3. The number of aryl methyl sites for hydroxylation is 1. The monoisotopic (exact) mass is 318 g/mol. The van der Waals surface area contributed by atoms with Crippen LogP contribution >= 0.6 is 0 Å². The number of aliphatic hydroxyl groups excluding tert-OH is 1. The van der Waals surface area contributed by atoms with E-state index in [1.54, 1.807) is 0 Å². The molecule has 0 saturated carbocycles. The third-order valence-corrected chi connectivity index (χ3v) is 4.08. The first-order valence-corrected chi connectivity index (χ1v) is 8.29. The van der Waals surface area contributed by atoms with Crippen molar-refractivity contribution >= 4 is 0 Å². The Hall–Kier alpha value is -2.58. The van der Waals surface area contributed by atoms with E-state index in [1.807, 2.05) is 36.4 Å². The van der Waals surface area contributed by atoms with Crippen LogP contribution < -0.4 is 4.74 Å². The van der Waals surface area contributed by atoms with Crippen molar-refractivity contribution in [1.82, 2.24) is 0 Å². The predicted molar refractivity (Wildman–Crippen MR) is 98.0 cm³/mol. The number of rotatable bonds is 6. The average Bonchev–Trinajstić information content (AvgIpc) is 2.67. The van der Waals surface area contributed by atoms with Crippen LogP contribution in [-0.4, -0.2) is 5.11 Å². The van der Waals surface area contributed by atoms with Crippen molar-refractivity contribution < 1.29 is 9.84 Å². The second-order valence-electron chi connectivity index (χ2n) is 5.85. The van der Waals surface area contributed by atoms with Gasteiger partial charge >= 0.3 is 0 Å². The maximum Gasteiger partial charge on any atom is 0.120 e. The molecule has 0 bridgehead atoms. The molecule has 24 heavy (non-hydrogen) atoms. The van der Waals surface area contributed by atoms with Crippen molar-refractivity contribution in [1.29, 1.82) is 0 Å². The molecular weight excluding hydrogens is 296 g/mol. The summed E-state index contributed by atoms with van der Waals surface area (Å²) in [7, 11) is 0. The molecule has 0 heterocycles. The quantitative estimate of drug-likeness (QED) is 0.694. The molecule has 0 amide bonds. The van der Waals surface area contributed by atoms with E-state index in [0.29, 0.717) is 6.61 Å². The zero-order valence-corrected chi connectivity index (χ0v) is 13.9. The van der Waals surface area contributed by atoms with Crippen LogP contribution in [0.2, 0.25) is 0 Å². The van der Waals surface area contributed by atoms with Crippen molar-refractivity contribution in [2.75, 3.05) is 0 Å². The van der Waals surface area contributed by atoms with Gasteiger partial charge in [0, 0.05) is 0 Å². The summed E-state index contributed by atoms with van der Waals surface area (Å²) < 4.78 is 5.93. The Balaban J connectivity index is 1.75. The predicted octanol–water partition coefficient (Wildman–Crippen LogP) is 4.99. The SMILES string of the molecule is CCc1cccc(-c2cccc(OCc3cccc(CO)c3)c2)c1. The molecule has 2 nitrogen and oxygen atoms in total. The van der Waals surface area contributed by atoms with E-state index in [-0.39, 0.29) is 6.61 Å². The van der Waals surface area contributed by atoms with Gasteiger partial charge in [-0.1, -0.05) is 67.6 Å². The Morgan fingerprint density at radius 1 is 0.750 bits per heavy atom. The van der Waals surface area contributed by atoms with E-state index in [0.717, 1.165) is 28.9 Å². The number of ether oxygens (including phenoxy) is 1. The molecule has 0 unspecified atom stereocenters. The summed E-state index contributed by atoms with van der Waals surface area (Å²) in [4.78, 5) is 0. The van der Waals surface area contributed by atoms with E-state index in [4.69, 9.17) is 4.74 Å². The molecule has 2 heteroatoms. The molecule has 0 aromatic heterocycles. The molecule has 0 radical (unpaired) electrons. The van der Waals surface area contributed by atoms with Gasteiger partial charge in [-0.3, -0.25) is 0 Å². The Morgan fingerprint density at radius 3 is 2.21 bits per heavy atom. The molecule has 0 saturated heterocycles. The largest absolute Gasteiger partial charge is 0.489 e. The average molecular weight is 318 g/mol. The molecule has 0 aliphatic heterocycles. The van der Waals surface area contributed by atoms with Gasteiger partial charge in [0.1, 0.15) is 12.4 Å². The second-order valence-corrected chi connectivity index (χ2v) is 5.85. The summed E-state index contributed by atoms with van der Waals surface area (Å²) in [5.41, 5.74) is 5.66. The zero-order valence-electron chi connectivity index (χ0n) is 13.9. The van der Waals surface area contributed by atoms with Gasteiger partial charge in [0.15, 0.2) is 0 Å². The Morgan fingerprint density at radius 2 is 1.42 bits per heavy atom. The molecule has 3 aromatic carbocycles. The second kappa shape index (κ2) is 7.80. The summed E-state index contributed by atoms with van der Waals surface area (Å²) in [5, 5.41) is 9.21. The summed E-state index contributed by atoms with van der Waals surface area (Å²) in [5.74, 6) is 0.851. The molecule has 0 aliphatic rings. The van der Waals surface area contributed by atoms with Crippen LogP contribution in [0, 0.1) is 0 Å². The summed E-state index contributed by atoms with van der Waals surface area (Å²) >= 11 is 0. The fraction of sp³-hybridized carbons (Fsp3) is 0.182. The number of hydrogen-bond donors (Lipinski definition) is 1. The molecule has 1 N–H and O–H groups in total. The van der Waals surface area contributed by atoms with E-state index in [9.17, 15) is 5.11 Å². The minimum Gasteiger partial charge on any atom is -0.489 e. The van der Waals surface area contributed by atoms with Crippen LogP contribution in [0.1, 0.15) is 23.6 Å². The molecule has 0 aliphatic carbocycles. The van der Waals surface area contributed by atoms with E-state index in [2.05, 4.69) is 43.3 Å². The zero-order chi connectivity index (χ0) is 16.8. The normalized spacial score (nSPS) is 10.6. The first-order valence-electron chi connectivity index (χ1n) is 8.29. The van der Waals surface area contributed by atoms with Crippen LogP contribution in [0.3, 0.4) is 0 Å². The smallest absolute Gasteiger partial charge is 0.120 e. The number of aliphatic hydroxyl groups is 1. The van der Waals surface area contributed by atoms with E-state index >= 15 is 0 Å². The lowest BCUT2D eigenvalue weighted by molar-refractivity contribution is 0.280. The third-order valence-electron chi connectivity index (χ3n) is 4.08. The van der Waals surface area contributed by atoms with Crippen molar-refractivity contribution in [2.24, 2.45) is 0 Å². The number of benzene rings is 3. The topological polar surface area (TPSA) is 29.5 Å². The van der Waals surface area contributed by atoms with Crippen LogP contribution in [-0.2, 0) is 19.6 Å². The van der Waals surface area contributed by atoms with Gasteiger partial charge in [-0.25, -0.2) is 0 Å². The van der Waals surface area contributed by atoms with Gasteiger partial charge in [-0.15, -0.1) is 0 Å². The van der Waals surface area contributed by atoms with Crippen molar-refractivity contribution in [3.63, 3.8) is 0 Å². The summed E-state index contributed by atoms with van der Waals surface area (Å²) in [6.07, 6.45) is 1.03. The van der Waals surface area contributed by atoms with Crippen molar-refractivity contribution in [3.8, 4) is 16.9 Å². The lowest BCUT2D eigenvalue weighted by Crippen LogP contribution is -1.96. The van der Waals surface area contributed by atoms with Gasteiger partial charge < -0.3 is 9.84 Å². The highest BCUT2D eigenvalue weighted by Crippen LogP contribution is 2.25. The highest BCUT2D eigenvalue weighted by molar-refractivity contribution is 5.65. The fourth-order valence-corrected chi connectivity index (χ4v) is 2.72. The first-order chi connectivity index (χ1) is 11.8. The Labute approximate surface area is 143 Å². The van der Waals surface area contributed by atoms with E-state index < -0.39 is 0 Å². The minimum atomic E-state index is 0.0527. The molecule has 0 spiro atoms. The van der Waals surface area contributed by atoms with Gasteiger partial charge in [-0.05, 0) is 46.4 Å². The third kappa shape index (κ3) is 4.03. The van der Waals surface area contributed by atoms with Crippen LogP contribution in [0.4, 0.5) is 0 Å². The van der Waals surface area contributed by atoms with Crippen LogP contribution in [0.5, 0.6) is 5.75 Å². The van der Waals surface area contributed by atoms with Gasteiger partial charge in [-0.2, -0.15) is 0 Å². The van der Waals surface area contributed by atoms with Crippen LogP contribution in [0.25, 0.3) is 11.1 Å². The van der Waals surface area contributed by atoms with Gasteiger partial charge in [0.05, 0.1) is 6.61 Å². The molecule has 0 fully saturated rings. The van der Waals surface area contributed by atoms with Gasteiger partial charge in [0.25, 0.3) is 0 Å². The lowest BCUT2D eigenvalue weighted by atomic mass is 10.0. The standard InChI is InChI=1S/C22H22O2/c1-2-17-6-4-9-20(13-17)21-10-5-11-22(14-21)24-16-19-8-3-7-18(12-19)15-23/h3-14,23H,2,15-16H2,1H3. The van der Waals surface area contributed by atoms with Gasteiger partial charge in [0.2, 0.25) is 0 Å². The Bertz CT molecular complexity index is 808. The highest BCUT2D eigenvalue weighted by Gasteiger charge is 2.02. The van der Waals surface area contributed by atoms with E-state index in [1.165, 1.54) is 11.1 Å². The van der Waals surface area contributed by atoms with Crippen molar-refractivity contribution in [2.45, 2.75) is 26.6 Å². The molecule has 122 valence electrons. The summed E-state index contributed by atoms with van der Waals surface area (Å²) in [6, 6.07) is 24.6. The molecule has 3 rings (SSSR count). The Kier molecular flexibility index (Phi) is 5.29. The molecule has 0 atom stereocenters. The van der Waals surface area contributed by atoms with Crippen LogP contribution in [0.15, 0.2) is 72.8 Å². The number of hydrogen-bond acceptors (Lipinski definition) is 2. The maximum atomic E-state index is 9.21. The minimum absolute atomic E-state index is 0.0527. The lowest BCUT2D eigenvalue weighted by Gasteiger charge is -2.10. The summed E-state index contributed by atoms with van der Waals surface area (Å²) in [6.45, 7) is 2.71.